The summed E-state index contributed by atoms with van der Waals surface area (Å²) in [5.74, 6) is 2.10. The van der Waals surface area contributed by atoms with E-state index in [0.29, 0.717) is 5.92 Å². The largest absolute Gasteiger partial charge is 0.497 e. The standard InChI is InChI=1S/C16H15ClN4O/c1-9-8-18-16(17)19-15(9)21-13-6-5-11(22-2)7-12(13)14(20-21)10-3-4-10/h5-8,10H,3-4H2,1-2H3. The Morgan fingerprint density at radius 1 is 1.32 bits per heavy atom. The van der Waals surface area contributed by atoms with Crippen LogP contribution in [0.25, 0.3) is 16.7 Å². The van der Waals surface area contributed by atoms with Crippen LogP contribution in [0.1, 0.15) is 30.0 Å². The second-order valence-electron chi connectivity index (χ2n) is 5.60. The number of fused-ring (bicyclic) bond motifs is 1. The molecule has 0 N–H and O–H groups in total. The van der Waals surface area contributed by atoms with Crippen LogP contribution in [0.5, 0.6) is 5.75 Å². The van der Waals surface area contributed by atoms with Gasteiger partial charge in [0.05, 0.1) is 18.3 Å². The number of rotatable bonds is 3. The second-order valence-corrected chi connectivity index (χ2v) is 5.94. The summed E-state index contributed by atoms with van der Waals surface area (Å²) in [7, 11) is 1.68. The first-order valence-electron chi connectivity index (χ1n) is 7.23. The summed E-state index contributed by atoms with van der Waals surface area (Å²) in [6, 6.07) is 6.00. The minimum Gasteiger partial charge on any atom is -0.497 e. The van der Waals surface area contributed by atoms with Crippen LogP contribution >= 0.6 is 11.6 Å². The second kappa shape index (κ2) is 4.95. The lowest BCUT2D eigenvalue weighted by Gasteiger charge is -2.06. The molecule has 1 aliphatic rings. The van der Waals surface area contributed by atoms with Gasteiger partial charge in [-0.15, -0.1) is 0 Å². The molecule has 0 aliphatic heterocycles. The van der Waals surface area contributed by atoms with Gasteiger partial charge in [0.1, 0.15) is 5.75 Å². The van der Waals surface area contributed by atoms with E-state index in [1.807, 2.05) is 29.8 Å². The third-order valence-electron chi connectivity index (χ3n) is 4.00. The first kappa shape index (κ1) is 13.5. The maximum absolute atomic E-state index is 5.96. The smallest absolute Gasteiger partial charge is 0.224 e. The van der Waals surface area contributed by atoms with E-state index >= 15 is 0 Å². The molecule has 22 heavy (non-hydrogen) atoms. The first-order valence-corrected chi connectivity index (χ1v) is 7.61. The number of hydrogen-bond donors (Lipinski definition) is 0. The Morgan fingerprint density at radius 3 is 2.86 bits per heavy atom. The van der Waals surface area contributed by atoms with Gasteiger partial charge in [0.15, 0.2) is 5.82 Å². The normalized spacial score (nSPS) is 14.5. The zero-order valence-electron chi connectivity index (χ0n) is 12.4. The number of ether oxygens (including phenoxy) is 1. The SMILES string of the molecule is COc1ccc2c(c1)c(C1CC1)nn2-c1nc(Cl)ncc1C. The molecule has 2 aromatic heterocycles. The van der Waals surface area contributed by atoms with E-state index in [0.717, 1.165) is 33.7 Å². The average molecular weight is 315 g/mol. The minimum atomic E-state index is 0.228. The molecule has 3 aromatic rings. The highest BCUT2D eigenvalue weighted by molar-refractivity contribution is 6.28. The van der Waals surface area contributed by atoms with E-state index in [2.05, 4.69) is 9.97 Å². The Bertz CT molecular complexity index is 870. The molecular weight excluding hydrogens is 300 g/mol. The summed E-state index contributed by atoms with van der Waals surface area (Å²) in [6.45, 7) is 1.96. The van der Waals surface area contributed by atoms with Gasteiger partial charge in [-0.3, -0.25) is 0 Å². The molecule has 0 bridgehead atoms. The van der Waals surface area contributed by atoms with E-state index in [9.17, 15) is 0 Å². The zero-order chi connectivity index (χ0) is 15.3. The fourth-order valence-corrected chi connectivity index (χ4v) is 2.82. The zero-order valence-corrected chi connectivity index (χ0v) is 13.1. The van der Waals surface area contributed by atoms with Gasteiger partial charge in [-0.1, -0.05) is 0 Å². The van der Waals surface area contributed by atoms with Crippen LogP contribution in [0.4, 0.5) is 0 Å². The number of aryl methyl sites for hydroxylation is 1. The van der Waals surface area contributed by atoms with Crippen molar-refractivity contribution in [2.24, 2.45) is 0 Å². The summed E-state index contributed by atoms with van der Waals surface area (Å²) in [4.78, 5) is 8.37. The average Bonchev–Trinajstić information content (AvgIpc) is 3.30. The molecule has 1 aliphatic carbocycles. The van der Waals surface area contributed by atoms with Crippen molar-refractivity contribution in [3.8, 4) is 11.6 Å². The molecule has 1 saturated carbocycles. The van der Waals surface area contributed by atoms with Crippen molar-refractivity contribution in [3.63, 3.8) is 0 Å². The summed E-state index contributed by atoms with van der Waals surface area (Å²) in [5, 5.41) is 6.16. The van der Waals surface area contributed by atoms with Crippen molar-refractivity contribution in [3.05, 3.63) is 40.9 Å². The van der Waals surface area contributed by atoms with Gasteiger partial charge < -0.3 is 4.74 Å². The van der Waals surface area contributed by atoms with Gasteiger partial charge in [0.25, 0.3) is 0 Å². The Labute approximate surface area is 132 Å². The molecule has 2 heterocycles. The van der Waals surface area contributed by atoms with Crippen molar-refractivity contribution >= 4 is 22.5 Å². The van der Waals surface area contributed by atoms with Crippen LogP contribution in [0.3, 0.4) is 0 Å². The quantitative estimate of drug-likeness (QED) is 0.692. The van der Waals surface area contributed by atoms with Crippen molar-refractivity contribution in [2.75, 3.05) is 7.11 Å². The summed E-state index contributed by atoms with van der Waals surface area (Å²) in [5.41, 5.74) is 3.07. The lowest BCUT2D eigenvalue weighted by Crippen LogP contribution is -2.04. The van der Waals surface area contributed by atoms with E-state index in [1.54, 1.807) is 13.3 Å². The van der Waals surface area contributed by atoms with E-state index in [1.165, 1.54) is 12.8 Å². The first-order chi connectivity index (χ1) is 10.7. The molecule has 1 aromatic carbocycles. The number of aromatic nitrogens is 4. The molecule has 6 heteroatoms. The minimum absolute atomic E-state index is 0.228. The molecule has 0 saturated heterocycles. The third-order valence-corrected chi connectivity index (χ3v) is 4.18. The molecule has 0 radical (unpaired) electrons. The van der Waals surface area contributed by atoms with Crippen molar-refractivity contribution < 1.29 is 4.74 Å². The highest BCUT2D eigenvalue weighted by Gasteiger charge is 2.30. The fourth-order valence-electron chi connectivity index (χ4n) is 2.69. The van der Waals surface area contributed by atoms with Gasteiger partial charge in [-0.05, 0) is 49.6 Å². The monoisotopic (exact) mass is 314 g/mol. The van der Waals surface area contributed by atoms with E-state index in [4.69, 9.17) is 21.4 Å². The Morgan fingerprint density at radius 2 is 2.14 bits per heavy atom. The molecule has 4 rings (SSSR count). The van der Waals surface area contributed by atoms with Crippen molar-refractivity contribution in [1.82, 2.24) is 19.7 Å². The summed E-state index contributed by atoms with van der Waals surface area (Å²) in [6.07, 6.45) is 4.10. The van der Waals surface area contributed by atoms with E-state index in [-0.39, 0.29) is 5.28 Å². The maximum atomic E-state index is 5.96. The predicted octanol–water partition coefficient (Wildman–Crippen LogP) is 3.66. The molecule has 1 fully saturated rings. The lowest BCUT2D eigenvalue weighted by atomic mass is 10.1. The number of hydrogen-bond acceptors (Lipinski definition) is 4. The molecule has 0 atom stereocenters. The van der Waals surface area contributed by atoms with Crippen LogP contribution in [0.15, 0.2) is 24.4 Å². The summed E-state index contributed by atoms with van der Waals surface area (Å²) >= 11 is 5.96. The Kier molecular flexibility index (Phi) is 3.04. The van der Waals surface area contributed by atoms with Crippen LogP contribution in [-0.2, 0) is 0 Å². The van der Waals surface area contributed by atoms with Crippen LogP contribution < -0.4 is 4.74 Å². The van der Waals surface area contributed by atoms with Crippen molar-refractivity contribution in [1.29, 1.82) is 0 Å². The van der Waals surface area contributed by atoms with Crippen LogP contribution in [0, 0.1) is 6.92 Å². The van der Waals surface area contributed by atoms with Gasteiger partial charge in [-0.2, -0.15) is 10.1 Å². The Balaban J connectivity index is 2.00. The number of nitrogens with zero attached hydrogens (tertiary/aromatic N) is 4. The van der Waals surface area contributed by atoms with Crippen LogP contribution in [0.2, 0.25) is 5.28 Å². The molecule has 5 nitrogen and oxygen atoms in total. The van der Waals surface area contributed by atoms with Gasteiger partial charge in [-0.25, -0.2) is 9.67 Å². The van der Waals surface area contributed by atoms with Crippen molar-refractivity contribution in [2.45, 2.75) is 25.7 Å². The number of halogens is 1. The maximum Gasteiger partial charge on any atom is 0.224 e. The Hall–Kier alpha value is -2.14. The van der Waals surface area contributed by atoms with E-state index < -0.39 is 0 Å². The predicted molar refractivity (Wildman–Crippen MR) is 84.9 cm³/mol. The van der Waals surface area contributed by atoms with Crippen LogP contribution in [-0.4, -0.2) is 26.9 Å². The lowest BCUT2D eigenvalue weighted by molar-refractivity contribution is 0.415. The highest BCUT2D eigenvalue weighted by Crippen LogP contribution is 2.43. The highest BCUT2D eigenvalue weighted by atomic mass is 35.5. The van der Waals surface area contributed by atoms with Gasteiger partial charge >= 0.3 is 0 Å². The fraction of sp³-hybridized carbons (Fsp3) is 0.312. The van der Waals surface area contributed by atoms with Gasteiger partial charge in [0, 0.05) is 23.1 Å². The molecule has 112 valence electrons. The molecule has 0 unspecified atom stereocenters. The topological polar surface area (TPSA) is 52.8 Å². The molecule has 0 spiro atoms. The van der Waals surface area contributed by atoms with Gasteiger partial charge in [0.2, 0.25) is 5.28 Å². The molecular formula is C16H15ClN4O. The summed E-state index contributed by atoms with van der Waals surface area (Å²) < 4.78 is 7.22. The number of methoxy groups -OCH3 is 1. The molecule has 0 amide bonds. The third kappa shape index (κ3) is 2.13. The number of benzene rings is 1.